The zero-order chi connectivity index (χ0) is 23.8. The number of sulfonamides is 1. The number of nitrogens with two attached hydrogens (primary N) is 1. The van der Waals surface area contributed by atoms with Gasteiger partial charge in [-0.1, -0.05) is 54.2 Å². The van der Waals surface area contributed by atoms with Crippen LogP contribution in [0.5, 0.6) is 0 Å². The van der Waals surface area contributed by atoms with E-state index in [-0.39, 0.29) is 29.8 Å². The number of halogens is 2. The Morgan fingerprint density at radius 3 is 2.00 bits per heavy atom. The third-order valence-electron chi connectivity index (χ3n) is 5.08. The summed E-state index contributed by atoms with van der Waals surface area (Å²) in [6.45, 7) is 3.94. The van der Waals surface area contributed by atoms with E-state index in [1.54, 1.807) is 30.3 Å². The molecule has 1 saturated heterocycles. The zero-order valence-corrected chi connectivity index (χ0v) is 18.7. The lowest BCUT2D eigenvalue weighted by atomic mass is 10.0. The highest BCUT2D eigenvalue weighted by Gasteiger charge is 2.28. The summed E-state index contributed by atoms with van der Waals surface area (Å²) in [6, 6.07) is 11.6. The molecule has 2 N–H and O–H groups in total. The van der Waals surface area contributed by atoms with Crippen molar-refractivity contribution in [3.8, 4) is 0 Å². The van der Waals surface area contributed by atoms with Crippen LogP contribution in [0.1, 0.15) is 30.1 Å². The Morgan fingerprint density at radius 2 is 1.52 bits per heavy atom. The molecule has 1 aliphatic heterocycles. The van der Waals surface area contributed by atoms with Gasteiger partial charge in [-0.15, -0.1) is 0 Å². The van der Waals surface area contributed by atoms with E-state index in [1.165, 1.54) is 46.8 Å². The van der Waals surface area contributed by atoms with Crippen molar-refractivity contribution in [3.63, 3.8) is 0 Å². The van der Waals surface area contributed by atoms with Gasteiger partial charge < -0.3 is 10.6 Å². The summed E-state index contributed by atoms with van der Waals surface area (Å²) in [5, 5.41) is 4.00. The Balaban J connectivity index is 1.72. The van der Waals surface area contributed by atoms with Gasteiger partial charge in [0.2, 0.25) is 0 Å². The number of rotatable bonds is 8. The molecule has 0 aromatic heterocycles. The van der Waals surface area contributed by atoms with E-state index in [0.717, 1.165) is 0 Å². The molecule has 0 unspecified atom stereocenters. The average molecular weight is 474 g/mol. The van der Waals surface area contributed by atoms with E-state index in [4.69, 9.17) is 10.6 Å². The summed E-state index contributed by atoms with van der Waals surface area (Å²) >= 11 is 0. The predicted molar refractivity (Wildman–Crippen MR) is 124 cm³/mol. The maximum Gasteiger partial charge on any atom is 0.257 e. The lowest BCUT2D eigenvalue weighted by molar-refractivity contribution is 0.0856. The summed E-state index contributed by atoms with van der Waals surface area (Å²) < 4.78 is 53.3. The first kappa shape index (κ1) is 24.3. The number of hydrogen-bond donors (Lipinski definition) is 1. The van der Waals surface area contributed by atoms with Crippen molar-refractivity contribution in [1.82, 2.24) is 4.31 Å². The van der Waals surface area contributed by atoms with E-state index >= 15 is 0 Å². The van der Waals surface area contributed by atoms with Crippen LogP contribution in [0.3, 0.4) is 0 Å². The molecule has 1 aliphatic rings. The van der Waals surface area contributed by atoms with Crippen LogP contribution in [-0.2, 0) is 14.9 Å². The molecule has 1 fully saturated rings. The molecule has 3 rings (SSSR count). The number of nitrogens with zero attached hydrogens (tertiary/aromatic N) is 2. The van der Waals surface area contributed by atoms with Crippen LogP contribution in [0.4, 0.5) is 8.78 Å². The van der Waals surface area contributed by atoms with Gasteiger partial charge in [-0.05, 0) is 41.5 Å². The first-order valence-corrected chi connectivity index (χ1v) is 11.7. The van der Waals surface area contributed by atoms with Crippen LogP contribution in [-0.4, -0.2) is 31.5 Å². The number of allylic oxidation sites excluding steroid dienone is 4. The molecular weight excluding hydrogens is 448 g/mol. The van der Waals surface area contributed by atoms with Crippen LogP contribution >= 0.6 is 0 Å². The molecule has 0 amide bonds. The zero-order valence-electron chi connectivity index (χ0n) is 17.9. The summed E-state index contributed by atoms with van der Waals surface area (Å²) in [4.78, 5) is 5.79. The van der Waals surface area contributed by atoms with E-state index in [9.17, 15) is 17.2 Å². The second-order valence-electron chi connectivity index (χ2n) is 7.34. The van der Waals surface area contributed by atoms with Gasteiger partial charge in [-0.2, -0.15) is 4.31 Å². The van der Waals surface area contributed by atoms with E-state index in [2.05, 4.69) is 11.7 Å². The van der Waals surface area contributed by atoms with Gasteiger partial charge in [0, 0.05) is 25.9 Å². The van der Waals surface area contributed by atoms with E-state index in [0.29, 0.717) is 29.7 Å². The molecule has 6 nitrogen and oxygen atoms in total. The molecule has 0 aliphatic carbocycles. The molecule has 1 heterocycles. The molecule has 2 aromatic rings. The minimum absolute atomic E-state index is 0.210. The Bertz CT molecular complexity index is 1100. The fraction of sp³-hybridized carbons (Fsp3) is 0.208. The second kappa shape index (κ2) is 11.0. The first-order chi connectivity index (χ1) is 15.8. The lowest BCUT2D eigenvalue weighted by Crippen LogP contribution is -2.40. The van der Waals surface area contributed by atoms with Gasteiger partial charge >= 0.3 is 0 Å². The normalized spacial score (nSPS) is 15.7. The lowest BCUT2D eigenvalue weighted by Gasteiger charge is -2.27. The number of benzene rings is 2. The number of oxime groups is 1. The number of hydrogen-bond acceptors (Lipinski definition) is 5. The minimum atomic E-state index is -3.77. The molecule has 33 heavy (non-hydrogen) atoms. The van der Waals surface area contributed by atoms with Crippen molar-refractivity contribution >= 4 is 15.7 Å². The van der Waals surface area contributed by atoms with Gasteiger partial charge in [0.15, 0.2) is 6.10 Å². The molecule has 9 heteroatoms. The van der Waals surface area contributed by atoms with Gasteiger partial charge in [0.1, 0.15) is 16.7 Å². The SMILES string of the molecule is C=C/C=C\C=C(/N)S(=O)(=O)N1CCC(=NOC(c2ccc(F)cc2)c2ccc(F)cc2)CC1. The van der Waals surface area contributed by atoms with Crippen LogP contribution in [0, 0.1) is 11.6 Å². The maximum atomic E-state index is 13.4. The second-order valence-corrected chi connectivity index (χ2v) is 9.28. The highest BCUT2D eigenvalue weighted by atomic mass is 32.2. The molecule has 0 saturated carbocycles. The Morgan fingerprint density at radius 1 is 1.00 bits per heavy atom. The fourth-order valence-electron chi connectivity index (χ4n) is 3.26. The minimum Gasteiger partial charge on any atom is -0.388 e. The smallest absolute Gasteiger partial charge is 0.257 e. The standard InChI is InChI=1S/C24H25F2N3O3S/c1-2-3-4-5-23(27)33(30,31)29-16-14-22(15-17-29)28-32-24(18-6-10-20(25)11-7-18)19-8-12-21(26)13-9-19/h2-13,24H,1,14-17,27H2/b4-3-,23-5+. The largest absolute Gasteiger partial charge is 0.388 e. The van der Waals surface area contributed by atoms with Crippen molar-refractivity contribution in [2.75, 3.05) is 13.1 Å². The van der Waals surface area contributed by atoms with Gasteiger partial charge in [-0.25, -0.2) is 17.2 Å². The quantitative estimate of drug-likeness (QED) is 0.455. The Hall–Kier alpha value is -3.30. The molecule has 174 valence electrons. The molecule has 0 atom stereocenters. The van der Waals surface area contributed by atoms with E-state index in [1.807, 2.05) is 0 Å². The highest BCUT2D eigenvalue weighted by Crippen LogP contribution is 2.27. The number of piperidine rings is 1. The molecule has 2 aromatic carbocycles. The molecular formula is C24H25F2N3O3S. The Labute approximate surface area is 192 Å². The fourth-order valence-corrected chi connectivity index (χ4v) is 4.47. The van der Waals surface area contributed by atoms with Crippen molar-refractivity contribution < 1.29 is 22.0 Å². The third kappa shape index (κ3) is 6.36. The monoisotopic (exact) mass is 473 g/mol. The van der Waals surface area contributed by atoms with Crippen molar-refractivity contribution in [1.29, 1.82) is 0 Å². The van der Waals surface area contributed by atoms with Crippen LogP contribution < -0.4 is 5.73 Å². The first-order valence-electron chi connectivity index (χ1n) is 10.3. The van der Waals surface area contributed by atoms with Gasteiger partial charge in [-0.3, -0.25) is 0 Å². The summed E-state index contributed by atoms with van der Waals surface area (Å²) in [6.07, 6.45) is 6.00. The van der Waals surface area contributed by atoms with Crippen molar-refractivity contribution in [3.05, 3.63) is 107 Å². The molecule has 0 radical (unpaired) electrons. The Kier molecular flexibility index (Phi) is 8.13. The summed E-state index contributed by atoms with van der Waals surface area (Å²) in [7, 11) is -3.77. The van der Waals surface area contributed by atoms with Gasteiger partial charge in [0.25, 0.3) is 10.0 Å². The van der Waals surface area contributed by atoms with Crippen LogP contribution in [0.2, 0.25) is 0 Å². The highest BCUT2D eigenvalue weighted by molar-refractivity contribution is 7.92. The van der Waals surface area contributed by atoms with Crippen molar-refractivity contribution in [2.24, 2.45) is 10.9 Å². The third-order valence-corrected chi connectivity index (χ3v) is 6.85. The average Bonchev–Trinajstić information content (AvgIpc) is 2.81. The topological polar surface area (TPSA) is 85.0 Å². The summed E-state index contributed by atoms with van der Waals surface area (Å²) in [5.41, 5.74) is 7.73. The maximum absolute atomic E-state index is 13.4. The summed E-state index contributed by atoms with van der Waals surface area (Å²) in [5.74, 6) is -0.769. The van der Waals surface area contributed by atoms with Crippen molar-refractivity contribution in [2.45, 2.75) is 18.9 Å². The van der Waals surface area contributed by atoms with Gasteiger partial charge in [0.05, 0.1) is 5.71 Å². The molecule has 0 spiro atoms. The predicted octanol–water partition coefficient (Wildman–Crippen LogP) is 4.39. The van der Waals surface area contributed by atoms with Crippen LogP contribution in [0.15, 0.2) is 89.6 Å². The van der Waals surface area contributed by atoms with E-state index < -0.39 is 16.1 Å². The molecule has 0 bridgehead atoms. The van der Waals surface area contributed by atoms with Crippen LogP contribution in [0.25, 0.3) is 0 Å².